The molecule has 1 fully saturated rings. The summed E-state index contributed by atoms with van der Waals surface area (Å²) in [5, 5.41) is 0. The molecule has 0 saturated carbocycles. The minimum Gasteiger partial charge on any atom is -0.384 e. The standard InChI is InChI=1S/C14H24N4/c1-10-5-7-18(8-6-10)12-9-11(15)16-13(17-12)14(2,3)4/h9-10H,5-8H2,1-4H3,(H2,15,16,17). The molecular weight excluding hydrogens is 224 g/mol. The predicted octanol–water partition coefficient (Wildman–Crippen LogP) is 2.59. The molecule has 0 aliphatic carbocycles. The summed E-state index contributed by atoms with van der Waals surface area (Å²) in [4.78, 5) is 11.4. The van der Waals surface area contributed by atoms with Crippen molar-refractivity contribution < 1.29 is 0 Å². The Balaban J connectivity index is 2.25. The van der Waals surface area contributed by atoms with Gasteiger partial charge in [-0.25, -0.2) is 9.97 Å². The fourth-order valence-corrected chi connectivity index (χ4v) is 2.19. The molecule has 1 aliphatic heterocycles. The Hall–Kier alpha value is -1.32. The summed E-state index contributed by atoms with van der Waals surface area (Å²) in [7, 11) is 0. The van der Waals surface area contributed by atoms with Crippen LogP contribution in [0.1, 0.15) is 46.4 Å². The summed E-state index contributed by atoms with van der Waals surface area (Å²) in [5.74, 6) is 3.21. The van der Waals surface area contributed by atoms with E-state index >= 15 is 0 Å². The van der Waals surface area contributed by atoms with Gasteiger partial charge < -0.3 is 10.6 Å². The molecule has 4 nitrogen and oxygen atoms in total. The summed E-state index contributed by atoms with van der Waals surface area (Å²) in [6, 6.07) is 1.89. The Morgan fingerprint density at radius 1 is 1.22 bits per heavy atom. The predicted molar refractivity (Wildman–Crippen MR) is 75.8 cm³/mol. The van der Waals surface area contributed by atoms with Crippen molar-refractivity contribution in [3.63, 3.8) is 0 Å². The van der Waals surface area contributed by atoms with Gasteiger partial charge >= 0.3 is 0 Å². The van der Waals surface area contributed by atoms with E-state index in [0.29, 0.717) is 5.82 Å². The monoisotopic (exact) mass is 248 g/mol. The van der Waals surface area contributed by atoms with Gasteiger partial charge in [-0.3, -0.25) is 0 Å². The molecule has 18 heavy (non-hydrogen) atoms. The highest BCUT2D eigenvalue weighted by molar-refractivity contribution is 5.47. The van der Waals surface area contributed by atoms with Crippen molar-refractivity contribution in [2.75, 3.05) is 23.7 Å². The van der Waals surface area contributed by atoms with Crippen LogP contribution in [0, 0.1) is 5.92 Å². The van der Waals surface area contributed by atoms with Crippen LogP contribution in [-0.2, 0) is 5.41 Å². The van der Waals surface area contributed by atoms with Crippen LogP contribution in [0.4, 0.5) is 11.6 Å². The third-order valence-corrected chi connectivity index (χ3v) is 3.51. The van der Waals surface area contributed by atoms with Gasteiger partial charge in [0.2, 0.25) is 0 Å². The molecule has 0 atom stereocenters. The van der Waals surface area contributed by atoms with E-state index in [1.807, 2.05) is 6.07 Å². The molecule has 100 valence electrons. The quantitative estimate of drug-likeness (QED) is 0.830. The van der Waals surface area contributed by atoms with Gasteiger partial charge in [-0.2, -0.15) is 0 Å². The average Bonchev–Trinajstić information content (AvgIpc) is 2.28. The second-order valence-corrected chi connectivity index (χ2v) is 6.39. The van der Waals surface area contributed by atoms with Crippen LogP contribution in [0.5, 0.6) is 0 Å². The molecule has 0 unspecified atom stereocenters. The van der Waals surface area contributed by atoms with Crippen molar-refractivity contribution in [3.8, 4) is 0 Å². The first-order chi connectivity index (χ1) is 8.36. The highest BCUT2D eigenvalue weighted by Gasteiger charge is 2.22. The average molecular weight is 248 g/mol. The van der Waals surface area contributed by atoms with Gasteiger partial charge in [-0.1, -0.05) is 27.7 Å². The third kappa shape index (κ3) is 2.92. The SMILES string of the molecule is CC1CCN(c2cc(N)nc(C(C)(C)C)n2)CC1. The van der Waals surface area contributed by atoms with Crippen LogP contribution in [0.25, 0.3) is 0 Å². The van der Waals surface area contributed by atoms with Gasteiger partial charge in [0.25, 0.3) is 0 Å². The maximum Gasteiger partial charge on any atom is 0.138 e. The molecule has 0 amide bonds. The summed E-state index contributed by atoms with van der Waals surface area (Å²) in [5.41, 5.74) is 5.85. The Kier molecular flexibility index (Phi) is 3.46. The Morgan fingerprint density at radius 3 is 2.39 bits per heavy atom. The fourth-order valence-electron chi connectivity index (χ4n) is 2.19. The number of piperidine rings is 1. The van der Waals surface area contributed by atoms with Crippen molar-refractivity contribution in [1.82, 2.24) is 9.97 Å². The number of hydrogen-bond acceptors (Lipinski definition) is 4. The zero-order valence-electron chi connectivity index (χ0n) is 11.9. The Labute approximate surface area is 110 Å². The number of hydrogen-bond donors (Lipinski definition) is 1. The van der Waals surface area contributed by atoms with Crippen LogP contribution in [0.3, 0.4) is 0 Å². The highest BCUT2D eigenvalue weighted by Crippen LogP contribution is 2.26. The first-order valence-corrected chi connectivity index (χ1v) is 6.76. The van der Waals surface area contributed by atoms with E-state index in [0.717, 1.165) is 30.6 Å². The lowest BCUT2D eigenvalue weighted by molar-refractivity contribution is 0.435. The molecule has 4 heteroatoms. The van der Waals surface area contributed by atoms with E-state index < -0.39 is 0 Å². The van der Waals surface area contributed by atoms with Crippen LogP contribution >= 0.6 is 0 Å². The lowest BCUT2D eigenvalue weighted by atomic mass is 9.95. The normalized spacial score (nSPS) is 18.1. The lowest BCUT2D eigenvalue weighted by Crippen LogP contribution is -2.34. The largest absolute Gasteiger partial charge is 0.384 e. The summed E-state index contributed by atoms with van der Waals surface area (Å²) in [6.45, 7) is 10.8. The fraction of sp³-hybridized carbons (Fsp3) is 0.714. The molecule has 1 aromatic heterocycles. The molecule has 1 aromatic rings. The first kappa shape index (κ1) is 13.1. The van der Waals surface area contributed by atoms with Crippen LogP contribution in [0.2, 0.25) is 0 Å². The highest BCUT2D eigenvalue weighted by atomic mass is 15.2. The van der Waals surface area contributed by atoms with Gasteiger partial charge in [0.05, 0.1) is 0 Å². The van der Waals surface area contributed by atoms with E-state index in [4.69, 9.17) is 5.73 Å². The Bertz CT molecular complexity index is 414. The Morgan fingerprint density at radius 2 is 1.83 bits per heavy atom. The van der Waals surface area contributed by atoms with Crippen molar-refractivity contribution in [2.45, 2.75) is 46.0 Å². The molecule has 2 rings (SSSR count). The third-order valence-electron chi connectivity index (χ3n) is 3.51. The van der Waals surface area contributed by atoms with Crippen molar-refractivity contribution >= 4 is 11.6 Å². The molecule has 1 aliphatic rings. The van der Waals surface area contributed by atoms with Crippen molar-refractivity contribution in [3.05, 3.63) is 11.9 Å². The maximum atomic E-state index is 5.91. The number of rotatable bonds is 1. The number of anilines is 2. The topological polar surface area (TPSA) is 55.0 Å². The number of aromatic nitrogens is 2. The van der Waals surface area contributed by atoms with Gasteiger partial charge in [0.1, 0.15) is 17.5 Å². The zero-order chi connectivity index (χ0) is 13.3. The molecule has 0 radical (unpaired) electrons. The molecule has 0 bridgehead atoms. The van der Waals surface area contributed by atoms with Gasteiger partial charge in [0.15, 0.2) is 0 Å². The first-order valence-electron chi connectivity index (χ1n) is 6.76. The maximum absolute atomic E-state index is 5.91. The van der Waals surface area contributed by atoms with Crippen molar-refractivity contribution in [2.24, 2.45) is 5.92 Å². The molecule has 2 N–H and O–H groups in total. The van der Waals surface area contributed by atoms with Crippen molar-refractivity contribution in [1.29, 1.82) is 0 Å². The van der Waals surface area contributed by atoms with E-state index in [-0.39, 0.29) is 5.41 Å². The van der Waals surface area contributed by atoms with Gasteiger partial charge in [-0.05, 0) is 18.8 Å². The second-order valence-electron chi connectivity index (χ2n) is 6.39. The van der Waals surface area contributed by atoms with Crippen LogP contribution in [-0.4, -0.2) is 23.1 Å². The van der Waals surface area contributed by atoms with E-state index in [1.54, 1.807) is 0 Å². The summed E-state index contributed by atoms with van der Waals surface area (Å²) >= 11 is 0. The summed E-state index contributed by atoms with van der Waals surface area (Å²) < 4.78 is 0. The molecule has 0 aromatic carbocycles. The van der Waals surface area contributed by atoms with Gasteiger partial charge in [-0.15, -0.1) is 0 Å². The van der Waals surface area contributed by atoms with Crippen LogP contribution < -0.4 is 10.6 Å². The van der Waals surface area contributed by atoms with E-state index in [2.05, 4.69) is 42.6 Å². The molecular formula is C14H24N4. The minimum atomic E-state index is -0.0623. The van der Waals surface area contributed by atoms with E-state index in [1.165, 1.54) is 12.8 Å². The van der Waals surface area contributed by atoms with Crippen LogP contribution in [0.15, 0.2) is 6.07 Å². The molecule has 1 saturated heterocycles. The number of nitrogens with zero attached hydrogens (tertiary/aromatic N) is 3. The van der Waals surface area contributed by atoms with Gasteiger partial charge in [0, 0.05) is 24.6 Å². The smallest absolute Gasteiger partial charge is 0.138 e. The molecule has 0 spiro atoms. The summed E-state index contributed by atoms with van der Waals surface area (Å²) in [6.07, 6.45) is 2.46. The lowest BCUT2D eigenvalue weighted by Gasteiger charge is -2.32. The zero-order valence-corrected chi connectivity index (χ0v) is 11.9. The minimum absolute atomic E-state index is 0.0623. The number of nitrogens with two attached hydrogens (primary N) is 1. The molecule has 2 heterocycles. The second kappa shape index (κ2) is 4.75. The van der Waals surface area contributed by atoms with E-state index in [9.17, 15) is 0 Å². The number of nitrogen functional groups attached to an aromatic ring is 1.